The maximum absolute atomic E-state index is 13.4. The molecule has 0 unspecified atom stereocenters. The normalized spacial score (nSPS) is 13.9. The zero-order chi connectivity index (χ0) is 32.1. The third kappa shape index (κ3) is 7.34. The van der Waals surface area contributed by atoms with Crippen molar-refractivity contribution in [2.75, 3.05) is 16.8 Å². The molecule has 4 aromatic rings. The predicted octanol–water partition coefficient (Wildman–Crippen LogP) is 6.87. The SMILES string of the molecule is Cc1cccc(NC(=O)COc2c(Cl)cc(/C=C3/C(=O)NC(=O)N(c4ccc(OCc5ccccc5)cc4)C3=O)cc2Cl)c1C. The molecule has 1 fully saturated rings. The Labute approximate surface area is 269 Å². The van der Waals surface area contributed by atoms with E-state index >= 15 is 0 Å². The molecule has 5 amide bonds. The first-order chi connectivity index (χ1) is 21.6. The van der Waals surface area contributed by atoms with Crippen molar-refractivity contribution >= 4 is 64.4 Å². The molecule has 228 valence electrons. The minimum atomic E-state index is -0.890. The predicted molar refractivity (Wildman–Crippen MR) is 173 cm³/mol. The van der Waals surface area contributed by atoms with E-state index in [4.69, 9.17) is 32.7 Å². The third-order valence-electron chi connectivity index (χ3n) is 7.00. The van der Waals surface area contributed by atoms with Crippen LogP contribution in [0, 0.1) is 13.8 Å². The maximum Gasteiger partial charge on any atom is 0.335 e. The van der Waals surface area contributed by atoms with Crippen LogP contribution in [0.5, 0.6) is 11.5 Å². The summed E-state index contributed by atoms with van der Waals surface area (Å²) in [6.45, 7) is 3.83. The van der Waals surface area contributed by atoms with Gasteiger partial charge in [0.1, 0.15) is 17.9 Å². The fourth-order valence-corrected chi connectivity index (χ4v) is 5.12. The van der Waals surface area contributed by atoms with Crippen LogP contribution in [0.2, 0.25) is 10.0 Å². The summed E-state index contributed by atoms with van der Waals surface area (Å²) < 4.78 is 11.4. The van der Waals surface area contributed by atoms with Gasteiger partial charge < -0.3 is 14.8 Å². The number of imide groups is 2. The number of carbonyl (C=O) groups excluding carboxylic acids is 4. The van der Waals surface area contributed by atoms with E-state index < -0.39 is 23.8 Å². The molecular weight excluding hydrogens is 617 g/mol. The van der Waals surface area contributed by atoms with Crippen molar-refractivity contribution in [1.29, 1.82) is 0 Å². The number of ether oxygens (including phenoxy) is 2. The smallest absolute Gasteiger partial charge is 0.335 e. The molecule has 45 heavy (non-hydrogen) atoms. The second-order valence-corrected chi connectivity index (χ2v) is 10.9. The van der Waals surface area contributed by atoms with E-state index in [2.05, 4.69) is 10.6 Å². The zero-order valence-electron chi connectivity index (χ0n) is 24.2. The van der Waals surface area contributed by atoms with E-state index in [0.29, 0.717) is 23.6 Å². The van der Waals surface area contributed by atoms with E-state index in [0.717, 1.165) is 21.6 Å². The van der Waals surface area contributed by atoms with Crippen molar-refractivity contribution in [2.24, 2.45) is 0 Å². The summed E-state index contributed by atoms with van der Waals surface area (Å²) in [5, 5.41) is 5.08. The van der Waals surface area contributed by atoms with Crippen LogP contribution >= 0.6 is 23.2 Å². The quantitative estimate of drug-likeness (QED) is 0.152. The Kier molecular flexibility index (Phi) is 9.51. The van der Waals surface area contributed by atoms with Crippen molar-refractivity contribution in [3.63, 3.8) is 0 Å². The fourth-order valence-electron chi connectivity index (χ4n) is 4.50. The molecule has 2 N–H and O–H groups in total. The lowest BCUT2D eigenvalue weighted by Crippen LogP contribution is -2.54. The molecule has 0 atom stereocenters. The standard InChI is InChI=1S/C34H27Cl2N3O6/c1-20-7-6-10-29(21(20)2)37-30(40)19-45-31-27(35)16-23(17-28(31)36)15-26-32(41)38-34(43)39(33(26)42)24-11-13-25(14-12-24)44-18-22-8-4-3-5-9-22/h3-17H,18-19H2,1-2H3,(H,37,40)(H,38,41,43)/b26-15-. The van der Waals surface area contributed by atoms with Crippen LogP contribution in [-0.2, 0) is 21.0 Å². The van der Waals surface area contributed by atoms with Crippen LogP contribution in [0.25, 0.3) is 6.08 Å². The molecule has 0 bridgehead atoms. The van der Waals surface area contributed by atoms with Gasteiger partial charge in [0, 0.05) is 5.69 Å². The Morgan fingerprint density at radius 2 is 1.58 bits per heavy atom. The number of aryl methyl sites for hydroxylation is 1. The van der Waals surface area contributed by atoms with Crippen molar-refractivity contribution in [3.05, 3.63) is 123 Å². The number of carbonyl (C=O) groups is 4. The average Bonchev–Trinajstić information content (AvgIpc) is 3.01. The first-order valence-electron chi connectivity index (χ1n) is 13.8. The van der Waals surface area contributed by atoms with E-state index in [9.17, 15) is 19.2 Å². The van der Waals surface area contributed by atoms with Gasteiger partial charge in [0.05, 0.1) is 15.7 Å². The van der Waals surface area contributed by atoms with Gasteiger partial charge in [-0.3, -0.25) is 19.7 Å². The van der Waals surface area contributed by atoms with Crippen LogP contribution in [0.1, 0.15) is 22.3 Å². The summed E-state index contributed by atoms with van der Waals surface area (Å²) in [6.07, 6.45) is 1.27. The lowest BCUT2D eigenvalue weighted by atomic mass is 10.1. The summed E-state index contributed by atoms with van der Waals surface area (Å²) in [6, 6.07) is 23.5. The molecule has 1 aliphatic heterocycles. The van der Waals surface area contributed by atoms with Crippen molar-refractivity contribution < 1.29 is 28.7 Å². The fraction of sp³-hybridized carbons (Fsp3) is 0.118. The lowest BCUT2D eigenvalue weighted by Gasteiger charge is -2.26. The molecule has 1 saturated heterocycles. The number of hydrogen-bond acceptors (Lipinski definition) is 6. The highest BCUT2D eigenvalue weighted by Crippen LogP contribution is 2.35. The third-order valence-corrected chi connectivity index (χ3v) is 7.56. The number of amides is 5. The molecule has 0 aliphatic carbocycles. The topological polar surface area (TPSA) is 114 Å². The summed E-state index contributed by atoms with van der Waals surface area (Å²) in [7, 11) is 0. The van der Waals surface area contributed by atoms with E-state index in [1.54, 1.807) is 30.3 Å². The highest BCUT2D eigenvalue weighted by molar-refractivity contribution is 6.40. The molecule has 0 saturated carbocycles. The molecular formula is C34H27Cl2N3O6. The number of halogens is 2. The second-order valence-electron chi connectivity index (χ2n) is 10.1. The van der Waals surface area contributed by atoms with Gasteiger partial charge in [-0.25, -0.2) is 9.69 Å². The molecule has 1 aliphatic rings. The number of nitrogens with zero attached hydrogens (tertiary/aromatic N) is 1. The Balaban J connectivity index is 1.28. The van der Waals surface area contributed by atoms with Gasteiger partial charge in [-0.05, 0) is 84.6 Å². The van der Waals surface area contributed by atoms with Crippen molar-refractivity contribution in [1.82, 2.24) is 5.32 Å². The minimum absolute atomic E-state index is 0.0524. The van der Waals surface area contributed by atoms with Gasteiger partial charge in [-0.2, -0.15) is 0 Å². The van der Waals surface area contributed by atoms with Gasteiger partial charge in [-0.1, -0.05) is 65.7 Å². The molecule has 0 radical (unpaired) electrons. The molecule has 11 heteroatoms. The van der Waals surface area contributed by atoms with Gasteiger partial charge in [-0.15, -0.1) is 0 Å². The number of rotatable bonds is 9. The first-order valence-corrected chi connectivity index (χ1v) is 14.5. The van der Waals surface area contributed by atoms with Crippen LogP contribution in [0.15, 0.2) is 90.5 Å². The second kappa shape index (κ2) is 13.7. The number of nitrogens with one attached hydrogen (secondary N) is 2. The van der Waals surface area contributed by atoms with E-state index in [-0.39, 0.29) is 33.7 Å². The number of barbiturate groups is 1. The maximum atomic E-state index is 13.4. The van der Waals surface area contributed by atoms with Crippen LogP contribution in [-0.4, -0.2) is 30.4 Å². The Morgan fingerprint density at radius 3 is 2.27 bits per heavy atom. The summed E-state index contributed by atoms with van der Waals surface area (Å²) in [4.78, 5) is 52.1. The van der Waals surface area contributed by atoms with E-state index in [1.165, 1.54) is 18.2 Å². The number of benzene rings is 4. The van der Waals surface area contributed by atoms with Crippen LogP contribution in [0.3, 0.4) is 0 Å². The Bertz CT molecular complexity index is 1800. The lowest BCUT2D eigenvalue weighted by molar-refractivity contribution is -0.122. The largest absolute Gasteiger partial charge is 0.489 e. The minimum Gasteiger partial charge on any atom is -0.489 e. The highest BCUT2D eigenvalue weighted by Gasteiger charge is 2.37. The summed E-state index contributed by atoms with van der Waals surface area (Å²) in [5.74, 6) is -1.53. The van der Waals surface area contributed by atoms with Gasteiger partial charge in [0.25, 0.3) is 17.7 Å². The van der Waals surface area contributed by atoms with E-state index in [1.807, 2.05) is 56.3 Å². The molecule has 4 aromatic carbocycles. The summed E-state index contributed by atoms with van der Waals surface area (Å²) >= 11 is 12.8. The number of hydrogen-bond donors (Lipinski definition) is 2. The molecule has 9 nitrogen and oxygen atoms in total. The van der Waals surface area contributed by atoms with Crippen LogP contribution < -0.4 is 25.0 Å². The van der Waals surface area contributed by atoms with Crippen molar-refractivity contribution in [3.8, 4) is 11.5 Å². The summed E-state index contributed by atoms with van der Waals surface area (Å²) in [5.41, 5.74) is 3.84. The van der Waals surface area contributed by atoms with Crippen LogP contribution in [0.4, 0.5) is 16.2 Å². The molecule has 0 spiro atoms. The monoisotopic (exact) mass is 643 g/mol. The highest BCUT2D eigenvalue weighted by atomic mass is 35.5. The zero-order valence-corrected chi connectivity index (χ0v) is 25.7. The molecule has 5 rings (SSSR count). The van der Waals surface area contributed by atoms with Gasteiger partial charge >= 0.3 is 6.03 Å². The van der Waals surface area contributed by atoms with Gasteiger partial charge in [0.2, 0.25) is 0 Å². The molecule has 1 heterocycles. The number of anilines is 2. The Hall–Kier alpha value is -5.12. The molecule has 0 aromatic heterocycles. The van der Waals surface area contributed by atoms with Gasteiger partial charge in [0.15, 0.2) is 12.4 Å². The first kappa shape index (κ1) is 31.3. The number of urea groups is 1. The Morgan fingerprint density at radius 1 is 0.889 bits per heavy atom. The van der Waals surface area contributed by atoms with Crippen molar-refractivity contribution in [2.45, 2.75) is 20.5 Å². The average molecular weight is 645 g/mol.